The van der Waals surface area contributed by atoms with Gasteiger partial charge in [0.2, 0.25) is 5.60 Å². The molecule has 2 unspecified atom stereocenters. The Hall–Kier alpha value is -2.97. The molecule has 1 aromatic heterocycles. The van der Waals surface area contributed by atoms with Crippen LogP contribution in [0.3, 0.4) is 0 Å². The lowest BCUT2D eigenvalue weighted by molar-refractivity contribution is -0.191. The highest BCUT2D eigenvalue weighted by atomic mass is 16.6. The van der Waals surface area contributed by atoms with Crippen LogP contribution in [-0.2, 0) is 36.1 Å². The Morgan fingerprint density at radius 3 is 2.59 bits per heavy atom. The van der Waals surface area contributed by atoms with Crippen molar-refractivity contribution in [1.29, 1.82) is 0 Å². The molecule has 0 aromatic carbocycles. The lowest BCUT2D eigenvalue weighted by atomic mass is 9.85. The standard InChI is InChI=1S/C18H19NO8/c1-4-18(27-16(24)8(2)3)10-5-11-13(20)6-12(15(22)23)19(11)14(21)9(10)7-26-17(18)25/h5,8,12H,4,6-7H2,1-3H3,(H,22,23). The van der Waals surface area contributed by atoms with E-state index in [1.807, 2.05) is 0 Å². The molecule has 2 atom stereocenters. The lowest BCUT2D eigenvalue weighted by Gasteiger charge is -2.36. The van der Waals surface area contributed by atoms with Gasteiger partial charge in [0.1, 0.15) is 12.6 Å². The van der Waals surface area contributed by atoms with Gasteiger partial charge in [0.15, 0.2) is 5.78 Å². The van der Waals surface area contributed by atoms with Gasteiger partial charge >= 0.3 is 17.9 Å². The summed E-state index contributed by atoms with van der Waals surface area (Å²) in [6.07, 6.45) is -0.357. The minimum absolute atomic E-state index is 0.00324. The van der Waals surface area contributed by atoms with E-state index in [-0.39, 0.29) is 36.3 Å². The number of esters is 2. The first kappa shape index (κ1) is 18.8. The van der Waals surface area contributed by atoms with E-state index in [0.29, 0.717) is 0 Å². The summed E-state index contributed by atoms with van der Waals surface area (Å²) in [5.74, 6) is -3.83. The van der Waals surface area contributed by atoms with E-state index in [0.717, 1.165) is 4.57 Å². The Bertz CT molecular complexity index is 928. The van der Waals surface area contributed by atoms with Crippen molar-refractivity contribution in [3.63, 3.8) is 0 Å². The molecule has 0 aliphatic carbocycles. The second kappa shape index (κ2) is 6.33. The van der Waals surface area contributed by atoms with Crippen molar-refractivity contribution in [3.05, 3.63) is 33.2 Å². The molecule has 9 heteroatoms. The zero-order valence-corrected chi connectivity index (χ0v) is 15.1. The van der Waals surface area contributed by atoms with Crippen LogP contribution in [0.4, 0.5) is 0 Å². The molecule has 1 N–H and O–H groups in total. The van der Waals surface area contributed by atoms with Crippen LogP contribution in [0.1, 0.15) is 61.3 Å². The predicted molar refractivity (Wildman–Crippen MR) is 89.0 cm³/mol. The van der Waals surface area contributed by atoms with Crippen molar-refractivity contribution in [3.8, 4) is 0 Å². The van der Waals surface area contributed by atoms with Gasteiger partial charge in [0, 0.05) is 12.0 Å². The van der Waals surface area contributed by atoms with Crippen LogP contribution in [0.25, 0.3) is 0 Å². The highest BCUT2D eigenvalue weighted by Crippen LogP contribution is 2.39. The van der Waals surface area contributed by atoms with Gasteiger partial charge in [-0.25, -0.2) is 9.59 Å². The van der Waals surface area contributed by atoms with Crippen molar-refractivity contribution in [1.82, 2.24) is 4.57 Å². The summed E-state index contributed by atoms with van der Waals surface area (Å²) in [6, 6.07) is -0.0170. The quantitative estimate of drug-likeness (QED) is 0.767. The fraction of sp³-hybridized carbons (Fsp3) is 0.500. The Balaban J connectivity index is 2.27. The number of Topliss-reactive ketones (excluding diaryl/α,β-unsaturated/α-hetero) is 1. The number of fused-ring (bicyclic) bond motifs is 2. The molecule has 0 saturated carbocycles. The molecular weight excluding hydrogens is 358 g/mol. The molecule has 3 heterocycles. The maximum absolute atomic E-state index is 12.9. The number of cyclic esters (lactones) is 1. The van der Waals surface area contributed by atoms with E-state index in [2.05, 4.69) is 0 Å². The van der Waals surface area contributed by atoms with Gasteiger partial charge in [0.05, 0.1) is 17.2 Å². The van der Waals surface area contributed by atoms with Gasteiger partial charge in [-0.1, -0.05) is 20.8 Å². The monoisotopic (exact) mass is 377 g/mol. The number of hydrogen-bond donors (Lipinski definition) is 1. The van der Waals surface area contributed by atoms with Crippen molar-refractivity contribution in [2.24, 2.45) is 5.92 Å². The van der Waals surface area contributed by atoms with Crippen LogP contribution in [0.15, 0.2) is 10.9 Å². The van der Waals surface area contributed by atoms with Crippen LogP contribution in [0.5, 0.6) is 0 Å². The van der Waals surface area contributed by atoms with E-state index >= 15 is 0 Å². The average molecular weight is 377 g/mol. The summed E-state index contributed by atoms with van der Waals surface area (Å²) in [7, 11) is 0. The van der Waals surface area contributed by atoms with E-state index in [9.17, 15) is 29.1 Å². The van der Waals surface area contributed by atoms with E-state index < -0.39 is 46.8 Å². The summed E-state index contributed by atoms with van der Waals surface area (Å²) in [5.41, 5.74) is -2.58. The number of nitrogens with zero attached hydrogens (tertiary/aromatic N) is 1. The molecule has 2 aliphatic rings. The number of carboxylic acid groups (broad SMARTS) is 1. The van der Waals surface area contributed by atoms with Crippen molar-refractivity contribution in [2.75, 3.05) is 0 Å². The summed E-state index contributed by atoms with van der Waals surface area (Å²) in [5, 5.41) is 9.31. The molecule has 3 rings (SSSR count). The van der Waals surface area contributed by atoms with Gasteiger partial charge in [0.25, 0.3) is 5.56 Å². The number of carboxylic acids is 1. The summed E-state index contributed by atoms with van der Waals surface area (Å²) < 4.78 is 11.5. The second-order valence-corrected chi connectivity index (χ2v) is 6.91. The molecule has 0 saturated heterocycles. The fourth-order valence-electron chi connectivity index (χ4n) is 3.41. The summed E-state index contributed by atoms with van der Waals surface area (Å²) >= 11 is 0. The van der Waals surface area contributed by atoms with Crippen molar-refractivity contribution >= 4 is 23.7 Å². The molecule has 0 bridgehead atoms. The van der Waals surface area contributed by atoms with Crippen LogP contribution < -0.4 is 5.56 Å². The Morgan fingerprint density at radius 2 is 2.04 bits per heavy atom. The van der Waals surface area contributed by atoms with Crippen LogP contribution >= 0.6 is 0 Å². The molecule has 0 radical (unpaired) electrons. The predicted octanol–water partition coefficient (Wildman–Crippen LogP) is 0.922. The Kier molecular flexibility index (Phi) is 4.41. The molecule has 2 aliphatic heterocycles. The first-order valence-electron chi connectivity index (χ1n) is 8.59. The molecular formula is C18H19NO8. The molecule has 1 aromatic rings. The number of carbonyl (C=O) groups is 4. The molecule has 0 spiro atoms. The number of carbonyl (C=O) groups excluding carboxylic acids is 3. The highest BCUT2D eigenvalue weighted by Gasteiger charge is 2.51. The Labute approximate surface area is 153 Å². The first-order valence-corrected chi connectivity index (χ1v) is 8.59. The minimum atomic E-state index is -1.84. The largest absolute Gasteiger partial charge is 0.480 e. The number of aromatic nitrogens is 1. The van der Waals surface area contributed by atoms with Crippen molar-refractivity contribution < 1.29 is 33.8 Å². The van der Waals surface area contributed by atoms with Crippen LogP contribution in [-0.4, -0.2) is 33.4 Å². The zero-order valence-electron chi connectivity index (χ0n) is 15.1. The van der Waals surface area contributed by atoms with Gasteiger partial charge < -0.3 is 14.6 Å². The van der Waals surface area contributed by atoms with Crippen molar-refractivity contribution in [2.45, 2.75) is 51.9 Å². The van der Waals surface area contributed by atoms with Gasteiger partial charge in [-0.2, -0.15) is 0 Å². The first-order chi connectivity index (χ1) is 12.6. The van der Waals surface area contributed by atoms with Crippen LogP contribution in [0.2, 0.25) is 0 Å². The third kappa shape index (κ3) is 2.65. The van der Waals surface area contributed by atoms with Gasteiger partial charge in [-0.15, -0.1) is 0 Å². The van der Waals surface area contributed by atoms with E-state index in [4.69, 9.17) is 9.47 Å². The maximum atomic E-state index is 12.9. The molecule has 0 amide bonds. The van der Waals surface area contributed by atoms with Gasteiger partial charge in [-0.3, -0.25) is 19.0 Å². The molecule has 9 nitrogen and oxygen atoms in total. The minimum Gasteiger partial charge on any atom is -0.480 e. The average Bonchev–Trinajstić information content (AvgIpc) is 2.95. The number of pyridine rings is 1. The summed E-state index contributed by atoms with van der Waals surface area (Å²) in [4.78, 5) is 61.4. The number of hydrogen-bond acceptors (Lipinski definition) is 7. The summed E-state index contributed by atoms with van der Waals surface area (Å²) in [6.45, 7) is 4.41. The molecule has 27 heavy (non-hydrogen) atoms. The van der Waals surface area contributed by atoms with Crippen LogP contribution in [0, 0.1) is 5.92 Å². The third-order valence-corrected chi connectivity index (χ3v) is 4.96. The molecule has 144 valence electrons. The smallest absolute Gasteiger partial charge is 0.355 e. The topological polar surface area (TPSA) is 129 Å². The Morgan fingerprint density at radius 1 is 1.37 bits per heavy atom. The normalized spacial score (nSPS) is 23.6. The fourth-order valence-corrected chi connectivity index (χ4v) is 3.41. The third-order valence-electron chi connectivity index (χ3n) is 4.96. The number of rotatable bonds is 4. The number of aliphatic carboxylic acids is 1. The lowest BCUT2D eigenvalue weighted by Crippen LogP contribution is -2.48. The molecule has 0 fully saturated rings. The highest BCUT2D eigenvalue weighted by molar-refractivity contribution is 6.01. The number of ketones is 1. The second-order valence-electron chi connectivity index (χ2n) is 6.91. The SMILES string of the molecule is CCC1(OC(=O)C(C)C)C(=O)OCc2c1cc1n(c2=O)C(C(=O)O)CC1=O. The van der Waals surface area contributed by atoms with E-state index in [1.54, 1.807) is 20.8 Å². The zero-order chi connectivity index (χ0) is 20.1. The van der Waals surface area contributed by atoms with Gasteiger partial charge in [-0.05, 0) is 12.5 Å². The van der Waals surface area contributed by atoms with E-state index in [1.165, 1.54) is 6.07 Å². The number of ether oxygens (including phenoxy) is 2. The maximum Gasteiger partial charge on any atom is 0.355 e.